The smallest absolute Gasteiger partial charge is 0.404 e. The third-order valence-corrected chi connectivity index (χ3v) is 6.88. The maximum absolute atomic E-state index is 13.2. The predicted molar refractivity (Wildman–Crippen MR) is 153 cm³/mol. The van der Waals surface area contributed by atoms with E-state index in [1.807, 2.05) is 32.0 Å². The van der Waals surface area contributed by atoms with Gasteiger partial charge in [-0.05, 0) is 44.4 Å². The van der Waals surface area contributed by atoms with Crippen molar-refractivity contribution in [1.82, 2.24) is 24.8 Å². The molecule has 2 amide bonds. The average molecular weight is 564 g/mol. The summed E-state index contributed by atoms with van der Waals surface area (Å²) in [6.07, 6.45) is 4.41. The number of carbonyl (C=O) groups excluding carboxylic acids is 1. The van der Waals surface area contributed by atoms with Crippen molar-refractivity contribution in [2.45, 2.75) is 39.7 Å². The normalized spacial score (nSPS) is 14.7. The van der Waals surface area contributed by atoms with Crippen molar-refractivity contribution in [3.63, 3.8) is 0 Å². The summed E-state index contributed by atoms with van der Waals surface area (Å²) in [6.45, 7) is 9.80. The number of carboxylic acid groups (broad SMARTS) is 1. The molecule has 4 rings (SSSR count). The van der Waals surface area contributed by atoms with Gasteiger partial charge in [-0.15, -0.1) is 0 Å². The summed E-state index contributed by atoms with van der Waals surface area (Å²) in [5, 5.41) is 35.4. The molecule has 0 aliphatic carbocycles. The van der Waals surface area contributed by atoms with Crippen molar-refractivity contribution < 1.29 is 24.5 Å². The first kappa shape index (κ1) is 29.6. The zero-order valence-corrected chi connectivity index (χ0v) is 23.9. The number of nitrogens with one attached hydrogen (secondary N) is 1. The van der Waals surface area contributed by atoms with E-state index in [1.54, 1.807) is 35.7 Å². The van der Waals surface area contributed by atoms with Crippen LogP contribution in [0.5, 0.6) is 5.75 Å². The monoisotopic (exact) mass is 563 g/mol. The Kier molecular flexibility index (Phi) is 8.98. The summed E-state index contributed by atoms with van der Waals surface area (Å²) in [5.41, 5.74) is 1.56. The second-order valence-electron chi connectivity index (χ2n) is 11.4. The van der Waals surface area contributed by atoms with E-state index in [0.717, 1.165) is 16.9 Å². The lowest BCUT2D eigenvalue weighted by atomic mass is 9.95. The van der Waals surface area contributed by atoms with Crippen LogP contribution in [0, 0.1) is 23.2 Å². The molecule has 1 unspecified atom stereocenters. The predicted octanol–water partition coefficient (Wildman–Crippen LogP) is 3.00. The fraction of sp³-hybridized carbons (Fsp3) is 0.483. The second kappa shape index (κ2) is 12.4. The Morgan fingerprint density at radius 2 is 1.93 bits per heavy atom. The van der Waals surface area contributed by atoms with Gasteiger partial charge in [0.25, 0.3) is 0 Å². The molecule has 3 aromatic heterocycles. The number of amides is 2. The Bertz CT molecular complexity index is 1410. The van der Waals surface area contributed by atoms with E-state index >= 15 is 0 Å². The van der Waals surface area contributed by atoms with Gasteiger partial charge in [0.05, 0.1) is 35.0 Å². The lowest BCUT2D eigenvalue weighted by molar-refractivity contribution is -0.136. The minimum atomic E-state index is -1.13. The maximum atomic E-state index is 13.2. The van der Waals surface area contributed by atoms with E-state index in [-0.39, 0.29) is 25.0 Å². The van der Waals surface area contributed by atoms with Gasteiger partial charge < -0.3 is 30.1 Å². The summed E-state index contributed by atoms with van der Waals surface area (Å²) < 4.78 is 7.40. The van der Waals surface area contributed by atoms with E-state index in [0.29, 0.717) is 49.4 Å². The van der Waals surface area contributed by atoms with Gasteiger partial charge >= 0.3 is 6.09 Å². The number of ether oxygens (including phenoxy) is 1. The van der Waals surface area contributed by atoms with Gasteiger partial charge in [-0.25, -0.2) is 14.3 Å². The standard InChI is InChI=1S/C29H37N7O5/c1-19(2)11-21(15-32-28(38)39)27(37)35-9-7-34(8-10-35)25-6-5-20(14-31-25)24-12-23(41-18-29(3,4)40)17-36-26(24)22(13-30)16-33-36/h5-6,12,14,16-17,19,21,32,40H,7-11,15,18H2,1-4H3,(H,38,39). The third-order valence-electron chi connectivity index (χ3n) is 6.88. The molecule has 1 saturated heterocycles. The van der Waals surface area contributed by atoms with Gasteiger partial charge in [-0.2, -0.15) is 10.4 Å². The molecular formula is C29H37N7O5. The Labute approximate surface area is 239 Å². The van der Waals surface area contributed by atoms with Gasteiger partial charge in [0, 0.05) is 50.0 Å². The van der Waals surface area contributed by atoms with E-state index in [2.05, 4.69) is 26.4 Å². The minimum Gasteiger partial charge on any atom is -0.489 e. The number of hydrogen-bond donors (Lipinski definition) is 3. The van der Waals surface area contributed by atoms with Gasteiger partial charge in [0.2, 0.25) is 5.91 Å². The topological polar surface area (TPSA) is 156 Å². The molecule has 3 aromatic rings. The van der Waals surface area contributed by atoms with Crippen molar-refractivity contribution in [3.8, 4) is 22.9 Å². The van der Waals surface area contributed by atoms with Crippen LogP contribution in [0.3, 0.4) is 0 Å². The van der Waals surface area contributed by atoms with Crippen LogP contribution in [0.2, 0.25) is 0 Å². The number of aromatic nitrogens is 3. The molecule has 218 valence electrons. The molecule has 3 N–H and O–H groups in total. The molecule has 12 heteroatoms. The summed E-state index contributed by atoms with van der Waals surface area (Å²) in [6, 6.07) is 7.84. The number of fused-ring (bicyclic) bond motifs is 1. The molecule has 0 bridgehead atoms. The Balaban J connectivity index is 1.48. The molecule has 12 nitrogen and oxygen atoms in total. The quantitative estimate of drug-likeness (QED) is 0.337. The number of nitrogens with zero attached hydrogens (tertiary/aromatic N) is 6. The van der Waals surface area contributed by atoms with Crippen molar-refractivity contribution in [3.05, 3.63) is 42.4 Å². The van der Waals surface area contributed by atoms with Crippen LogP contribution in [0.4, 0.5) is 10.6 Å². The van der Waals surface area contributed by atoms with Gasteiger partial charge in [0.1, 0.15) is 24.2 Å². The summed E-state index contributed by atoms with van der Waals surface area (Å²) >= 11 is 0. The van der Waals surface area contributed by atoms with Gasteiger partial charge in [-0.3, -0.25) is 4.79 Å². The fourth-order valence-electron chi connectivity index (χ4n) is 4.94. The molecule has 0 radical (unpaired) electrons. The highest BCUT2D eigenvalue weighted by Gasteiger charge is 2.29. The van der Waals surface area contributed by atoms with Crippen molar-refractivity contribution in [2.75, 3.05) is 44.2 Å². The van der Waals surface area contributed by atoms with E-state index in [1.165, 1.54) is 6.20 Å². The highest BCUT2D eigenvalue weighted by atomic mass is 16.5. The van der Waals surface area contributed by atoms with Crippen LogP contribution in [-0.4, -0.2) is 86.6 Å². The highest BCUT2D eigenvalue weighted by Crippen LogP contribution is 2.32. The van der Waals surface area contributed by atoms with Gasteiger partial charge in [0.15, 0.2) is 0 Å². The number of pyridine rings is 2. The lowest BCUT2D eigenvalue weighted by Crippen LogP contribution is -2.52. The first-order valence-electron chi connectivity index (χ1n) is 13.7. The molecule has 4 heterocycles. The summed E-state index contributed by atoms with van der Waals surface area (Å²) in [4.78, 5) is 32.7. The molecular weight excluding hydrogens is 526 g/mol. The van der Waals surface area contributed by atoms with Crippen molar-refractivity contribution in [2.24, 2.45) is 11.8 Å². The van der Waals surface area contributed by atoms with Crippen LogP contribution < -0.4 is 15.0 Å². The molecule has 0 aromatic carbocycles. The number of carbonyl (C=O) groups is 2. The molecule has 1 fully saturated rings. The zero-order chi connectivity index (χ0) is 29.7. The lowest BCUT2D eigenvalue weighted by Gasteiger charge is -2.37. The minimum absolute atomic E-state index is 0.0276. The van der Waals surface area contributed by atoms with Crippen molar-refractivity contribution >= 4 is 23.3 Å². The molecule has 0 spiro atoms. The third kappa shape index (κ3) is 7.43. The van der Waals surface area contributed by atoms with Crippen LogP contribution >= 0.6 is 0 Å². The Morgan fingerprint density at radius 1 is 1.20 bits per heavy atom. The van der Waals surface area contributed by atoms with Crippen molar-refractivity contribution in [1.29, 1.82) is 5.26 Å². The number of rotatable bonds is 10. The van der Waals surface area contributed by atoms with Crippen LogP contribution in [0.1, 0.15) is 39.7 Å². The summed E-state index contributed by atoms with van der Waals surface area (Å²) in [5.74, 6) is 1.12. The molecule has 1 aliphatic heterocycles. The average Bonchev–Trinajstić information content (AvgIpc) is 3.36. The number of piperazine rings is 1. The van der Waals surface area contributed by atoms with E-state index in [9.17, 15) is 20.0 Å². The van der Waals surface area contributed by atoms with E-state index in [4.69, 9.17) is 9.84 Å². The largest absolute Gasteiger partial charge is 0.489 e. The van der Waals surface area contributed by atoms with Crippen LogP contribution in [0.15, 0.2) is 36.8 Å². The fourth-order valence-corrected chi connectivity index (χ4v) is 4.94. The van der Waals surface area contributed by atoms with Crippen LogP contribution in [-0.2, 0) is 4.79 Å². The van der Waals surface area contributed by atoms with Gasteiger partial charge in [-0.1, -0.05) is 13.8 Å². The molecule has 1 atom stereocenters. The number of aliphatic hydroxyl groups is 1. The molecule has 41 heavy (non-hydrogen) atoms. The Morgan fingerprint density at radius 3 is 2.51 bits per heavy atom. The maximum Gasteiger partial charge on any atom is 0.404 e. The second-order valence-corrected chi connectivity index (χ2v) is 11.4. The van der Waals surface area contributed by atoms with Crippen LogP contribution in [0.25, 0.3) is 16.6 Å². The first-order valence-corrected chi connectivity index (χ1v) is 13.7. The molecule has 0 saturated carbocycles. The number of hydrogen-bond acceptors (Lipinski definition) is 8. The molecule has 1 aliphatic rings. The number of nitriles is 1. The Hall–Kier alpha value is -4.37. The highest BCUT2D eigenvalue weighted by molar-refractivity contribution is 5.85. The zero-order valence-electron chi connectivity index (χ0n) is 23.9. The number of anilines is 1. The van der Waals surface area contributed by atoms with E-state index < -0.39 is 17.6 Å². The summed E-state index contributed by atoms with van der Waals surface area (Å²) in [7, 11) is 0. The SMILES string of the molecule is CC(C)CC(CNC(=O)O)C(=O)N1CCN(c2ccc(-c3cc(OCC(C)(C)O)cn4ncc(C#N)c34)cn2)CC1. The first-order chi connectivity index (χ1) is 19.4.